The van der Waals surface area contributed by atoms with E-state index in [1.54, 1.807) is 0 Å². The van der Waals surface area contributed by atoms with Crippen LogP contribution in [0.15, 0.2) is 0 Å². The first-order chi connectivity index (χ1) is 2.94. The van der Waals surface area contributed by atoms with Crippen molar-refractivity contribution in [1.29, 1.82) is 0 Å². The summed E-state index contributed by atoms with van der Waals surface area (Å²) >= 11 is 3.76. The Morgan fingerprint density at radius 1 is 1.57 bits per heavy atom. The summed E-state index contributed by atoms with van der Waals surface area (Å²) in [6.45, 7) is -2.74. The van der Waals surface area contributed by atoms with Crippen molar-refractivity contribution in [1.82, 2.24) is 0 Å². The van der Waals surface area contributed by atoms with Crippen LogP contribution in [0.1, 0.15) is 0 Å². The Hall–Kier alpha value is 0.600. The molecule has 0 aromatic carbocycles. The van der Waals surface area contributed by atoms with Crippen molar-refractivity contribution in [3.8, 4) is 0 Å². The van der Waals surface area contributed by atoms with Crippen LogP contribution in [0.25, 0.3) is 0 Å². The zero-order chi connectivity index (χ0) is 6.08. The third kappa shape index (κ3) is 3.21. The second kappa shape index (κ2) is 2.25. The fourth-order valence-electron chi connectivity index (χ4n) is 0. The van der Waals surface area contributed by atoms with Crippen molar-refractivity contribution in [3.63, 3.8) is 0 Å². The molecule has 0 aliphatic heterocycles. The smallest absolute Gasteiger partial charge is 0.435 e. The summed E-state index contributed by atoms with van der Waals surface area (Å²) in [5.74, 6) is 0. The van der Waals surface area contributed by atoms with Gasteiger partial charge in [-0.2, -0.15) is 0 Å². The minimum atomic E-state index is -4.41. The highest BCUT2D eigenvalue weighted by atomic mass is 32.9. The molecule has 1 unspecified atom stereocenters. The average molecular weight is 160 g/mol. The van der Waals surface area contributed by atoms with Crippen LogP contribution in [0.2, 0.25) is 0 Å². The molecule has 0 aliphatic rings. The van der Waals surface area contributed by atoms with Gasteiger partial charge in [-0.15, -0.1) is 0 Å². The van der Waals surface area contributed by atoms with Crippen LogP contribution in [0.5, 0.6) is 0 Å². The molecule has 0 saturated heterocycles. The number of rotatable bonds is 1. The molecule has 0 radical (unpaired) electrons. The summed E-state index contributed by atoms with van der Waals surface area (Å²) in [4.78, 5) is 15.6. The molecule has 0 rings (SSSR count). The SMILES string of the molecule is O=[P+]([S-])P(=O)(O)O. The van der Waals surface area contributed by atoms with Crippen molar-refractivity contribution in [3.05, 3.63) is 0 Å². The second-order valence-electron chi connectivity index (χ2n) is 0.751. The Kier molecular flexibility index (Phi) is 2.44. The van der Waals surface area contributed by atoms with Crippen LogP contribution in [-0.2, 0) is 21.4 Å². The quantitative estimate of drug-likeness (QED) is 0.428. The lowest BCUT2D eigenvalue weighted by molar-refractivity contribution is 0.393. The van der Waals surface area contributed by atoms with Crippen LogP contribution in [0, 0.1) is 0 Å². The number of hydrogen-bond donors (Lipinski definition) is 2. The van der Waals surface area contributed by atoms with Gasteiger partial charge in [-0.25, -0.2) is 4.57 Å². The first-order valence-electron chi connectivity index (χ1n) is 1.15. The first kappa shape index (κ1) is 7.60. The summed E-state index contributed by atoms with van der Waals surface area (Å²) < 4.78 is 19.3. The van der Waals surface area contributed by atoms with E-state index >= 15 is 0 Å². The molecule has 0 aromatic rings. The predicted octanol–water partition coefficient (Wildman–Crippen LogP) is 0.368. The highest BCUT2D eigenvalue weighted by molar-refractivity contribution is 8.57. The van der Waals surface area contributed by atoms with Gasteiger partial charge in [0, 0.05) is 0 Å². The molecule has 0 fully saturated rings. The van der Waals surface area contributed by atoms with Gasteiger partial charge in [0.1, 0.15) is 0 Å². The summed E-state index contributed by atoms with van der Waals surface area (Å²) in [6, 6.07) is 0. The van der Waals surface area contributed by atoms with E-state index < -0.39 is 14.0 Å². The van der Waals surface area contributed by atoms with E-state index in [9.17, 15) is 9.13 Å². The van der Waals surface area contributed by atoms with Gasteiger partial charge in [0.15, 0.2) is 0 Å². The Morgan fingerprint density at radius 3 is 1.71 bits per heavy atom. The topological polar surface area (TPSA) is 74.6 Å². The fraction of sp³-hybridized carbons (Fsp3) is 0. The van der Waals surface area contributed by atoms with E-state index in [4.69, 9.17) is 9.79 Å². The highest BCUT2D eigenvalue weighted by Gasteiger charge is 2.27. The molecule has 0 bridgehead atoms. The van der Waals surface area contributed by atoms with Gasteiger partial charge in [-0.1, -0.05) is 4.57 Å². The largest absolute Gasteiger partial charge is 0.541 e. The first-order valence-corrected chi connectivity index (χ1v) is 5.74. The maximum Gasteiger partial charge on any atom is 0.541 e. The van der Waals surface area contributed by atoms with Gasteiger partial charge in [-0.3, -0.25) is 9.79 Å². The van der Waals surface area contributed by atoms with Gasteiger partial charge < -0.3 is 12.2 Å². The fourth-order valence-corrected chi connectivity index (χ4v) is 0. The molecule has 42 valence electrons. The van der Waals surface area contributed by atoms with Gasteiger partial charge in [-0.05, 0) is 0 Å². The van der Waals surface area contributed by atoms with Crippen LogP contribution in [0.3, 0.4) is 0 Å². The van der Waals surface area contributed by atoms with Gasteiger partial charge in [0.25, 0.3) is 0 Å². The van der Waals surface area contributed by atoms with Gasteiger partial charge in [0.2, 0.25) is 0 Å². The Labute approximate surface area is 45.9 Å². The summed E-state index contributed by atoms with van der Waals surface area (Å²) in [5, 5.41) is 0. The normalized spacial score (nSPS) is 13.9. The van der Waals surface area contributed by atoms with Crippen LogP contribution in [-0.4, -0.2) is 9.79 Å². The molecule has 4 nitrogen and oxygen atoms in total. The van der Waals surface area contributed by atoms with Gasteiger partial charge >= 0.3 is 14.0 Å². The van der Waals surface area contributed by atoms with Gasteiger partial charge in [0.05, 0.1) is 0 Å². The third-order valence-electron chi connectivity index (χ3n) is 0.213. The van der Waals surface area contributed by atoms with E-state index in [-0.39, 0.29) is 0 Å². The monoisotopic (exact) mass is 160 g/mol. The van der Waals surface area contributed by atoms with E-state index in [0.717, 1.165) is 0 Å². The van der Waals surface area contributed by atoms with E-state index in [1.165, 1.54) is 0 Å². The Morgan fingerprint density at radius 2 is 1.71 bits per heavy atom. The molecular weight excluding hydrogens is 158 g/mol. The van der Waals surface area contributed by atoms with Crippen molar-refractivity contribution in [2.45, 2.75) is 0 Å². The Bertz CT molecular complexity index is 122. The summed E-state index contributed by atoms with van der Waals surface area (Å²) in [6.07, 6.45) is 0. The molecule has 0 saturated carbocycles. The molecule has 0 spiro atoms. The molecule has 0 heterocycles. The molecule has 2 N–H and O–H groups in total. The van der Waals surface area contributed by atoms with E-state index in [1.807, 2.05) is 0 Å². The second-order valence-corrected chi connectivity index (χ2v) is 6.71. The lowest BCUT2D eigenvalue weighted by Gasteiger charge is -1.86. The van der Waals surface area contributed by atoms with Crippen LogP contribution >= 0.6 is 14.0 Å². The predicted molar refractivity (Wildman–Crippen MR) is 27.0 cm³/mol. The molecule has 0 aliphatic carbocycles. The summed E-state index contributed by atoms with van der Waals surface area (Å²) in [5.41, 5.74) is 0. The minimum Gasteiger partial charge on any atom is -0.435 e. The molecule has 1 atom stereocenters. The van der Waals surface area contributed by atoms with Crippen molar-refractivity contribution in [2.24, 2.45) is 0 Å². The molecular formula is H2O4P2S. The lowest BCUT2D eigenvalue weighted by Crippen LogP contribution is -1.62. The zero-order valence-corrected chi connectivity index (χ0v) is 5.62. The Balaban J connectivity index is 4.09. The van der Waals surface area contributed by atoms with Crippen LogP contribution < -0.4 is 0 Å². The average Bonchev–Trinajstić information content (AvgIpc) is 1.31. The maximum atomic E-state index is 9.67. The molecule has 7 heavy (non-hydrogen) atoms. The number of hydrogen-bond acceptors (Lipinski definition) is 3. The molecule has 7 heteroatoms. The van der Waals surface area contributed by atoms with Crippen molar-refractivity contribution in [2.75, 3.05) is 0 Å². The van der Waals surface area contributed by atoms with E-state index in [2.05, 4.69) is 12.2 Å². The highest BCUT2D eigenvalue weighted by Crippen LogP contribution is 2.60. The van der Waals surface area contributed by atoms with Crippen molar-refractivity contribution < 1.29 is 18.9 Å². The minimum absolute atomic E-state index is 2.74. The standard InChI is InChI=1S/H2O4P2S/c1-5(7)6(2,3)4/h(H2,2,3,4). The van der Waals surface area contributed by atoms with Crippen molar-refractivity contribution >= 4 is 26.2 Å². The zero-order valence-electron chi connectivity index (χ0n) is 3.01. The van der Waals surface area contributed by atoms with Crippen LogP contribution in [0.4, 0.5) is 0 Å². The third-order valence-corrected chi connectivity index (χ3v) is 3.83. The summed E-state index contributed by atoms with van der Waals surface area (Å²) in [7, 11) is -4.41. The van der Waals surface area contributed by atoms with E-state index in [0.29, 0.717) is 0 Å². The lowest BCUT2D eigenvalue weighted by atomic mass is 15.8. The maximum absolute atomic E-state index is 9.67. The molecule has 0 amide bonds. The molecule has 0 aromatic heterocycles.